The van der Waals surface area contributed by atoms with Crippen LogP contribution in [0.3, 0.4) is 0 Å². The molecule has 0 unspecified atom stereocenters. The Balaban J connectivity index is 1.63. The van der Waals surface area contributed by atoms with E-state index in [-0.39, 0.29) is 23.4 Å². The molecule has 2 heterocycles. The van der Waals surface area contributed by atoms with Crippen LogP contribution in [0.4, 0.5) is 13.2 Å². The molecule has 150 valence electrons. The first-order valence-corrected chi connectivity index (χ1v) is 9.47. The number of hydrogen-bond acceptors (Lipinski definition) is 4. The van der Waals surface area contributed by atoms with Gasteiger partial charge in [-0.25, -0.2) is 9.67 Å². The zero-order valence-electron chi connectivity index (χ0n) is 15.3. The number of nitrogens with two attached hydrogens (primary N) is 1. The van der Waals surface area contributed by atoms with Crippen LogP contribution in [0.5, 0.6) is 0 Å². The number of likely N-dealkylation sites (tertiary alicyclic amines) is 1. The summed E-state index contributed by atoms with van der Waals surface area (Å²) in [6.45, 7) is 1.69. The monoisotopic (exact) mass is 393 g/mol. The summed E-state index contributed by atoms with van der Waals surface area (Å²) in [7, 11) is 0. The molecule has 1 saturated carbocycles. The summed E-state index contributed by atoms with van der Waals surface area (Å²) < 4.78 is 41.9. The van der Waals surface area contributed by atoms with Crippen molar-refractivity contribution in [1.29, 1.82) is 0 Å². The van der Waals surface area contributed by atoms with Crippen molar-refractivity contribution in [3.8, 4) is 5.69 Å². The van der Waals surface area contributed by atoms with Crippen LogP contribution in [0.15, 0.2) is 24.3 Å². The average Bonchev–Trinajstić information content (AvgIpc) is 3.42. The molecule has 28 heavy (non-hydrogen) atoms. The third kappa shape index (κ3) is 3.89. The number of aromatic nitrogens is 3. The molecule has 1 saturated heterocycles. The van der Waals surface area contributed by atoms with Gasteiger partial charge in [-0.2, -0.15) is 18.3 Å². The molecule has 4 rings (SSSR count). The lowest BCUT2D eigenvalue weighted by Gasteiger charge is -2.30. The maximum Gasteiger partial charge on any atom is 0.418 e. The van der Waals surface area contributed by atoms with Crippen molar-refractivity contribution in [2.45, 2.75) is 44.3 Å². The van der Waals surface area contributed by atoms with Gasteiger partial charge >= 0.3 is 6.18 Å². The fraction of sp³-hybridized carbons (Fsp3) is 0.526. The van der Waals surface area contributed by atoms with E-state index in [0.717, 1.165) is 18.9 Å². The van der Waals surface area contributed by atoms with Gasteiger partial charge in [-0.05, 0) is 50.9 Å². The molecule has 0 bridgehead atoms. The van der Waals surface area contributed by atoms with E-state index >= 15 is 0 Å². The standard InChI is InChI=1S/C19H22F3N5O/c20-19(21,22)14-3-1-2-4-15(14)27-16(24-18(25-27)13-5-6-13)11-26-9-7-12(8-10-26)17(23)28/h1-4,12-13H,5-11H2,(H2,23,28). The van der Waals surface area contributed by atoms with Gasteiger partial charge < -0.3 is 5.73 Å². The topological polar surface area (TPSA) is 77.0 Å². The van der Waals surface area contributed by atoms with Crippen LogP contribution < -0.4 is 5.73 Å². The van der Waals surface area contributed by atoms with E-state index in [4.69, 9.17) is 5.73 Å². The Morgan fingerprint density at radius 2 is 1.82 bits per heavy atom. The van der Waals surface area contributed by atoms with Crippen molar-refractivity contribution in [2.24, 2.45) is 11.7 Å². The summed E-state index contributed by atoms with van der Waals surface area (Å²) in [6.07, 6.45) is -1.24. The molecule has 1 aromatic heterocycles. The second kappa shape index (κ2) is 7.20. The molecule has 2 aliphatic rings. The van der Waals surface area contributed by atoms with Gasteiger partial charge in [-0.1, -0.05) is 12.1 Å². The van der Waals surface area contributed by atoms with Crippen LogP contribution >= 0.6 is 0 Å². The number of hydrogen-bond donors (Lipinski definition) is 1. The molecule has 1 aromatic carbocycles. The number of halogens is 3. The molecule has 1 aliphatic carbocycles. The SMILES string of the molecule is NC(=O)C1CCN(Cc2nc(C3CC3)nn2-c2ccccc2C(F)(F)F)CC1. The molecule has 0 radical (unpaired) electrons. The molecule has 6 nitrogen and oxygen atoms in total. The largest absolute Gasteiger partial charge is 0.418 e. The number of para-hydroxylation sites is 1. The van der Waals surface area contributed by atoms with Crippen LogP contribution in [0.1, 0.15) is 48.8 Å². The van der Waals surface area contributed by atoms with Crippen LogP contribution in [0.2, 0.25) is 0 Å². The molecular weight excluding hydrogens is 371 g/mol. The Bertz CT molecular complexity index is 867. The second-order valence-electron chi connectivity index (χ2n) is 7.54. The maximum absolute atomic E-state index is 13.5. The third-order valence-corrected chi connectivity index (χ3v) is 5.43. The number of primary amides is 1. The van der Waals surface area contributed by atoms with E-state index in [1.54, 1.807) is 6.07 Å². The van der Waals surface area contributed by atoms with Crippen molar-refractivity contribution in [3.63, 3.8) is 0 Å². The summed E-state index contributed by atoms with van der Waals surface area (Å²) in [6, 6.07) is 5.44. The highest BCUT2D eigenvalue weighted by Gasteiger charge is 2.36. The predicted octanol–water partition coefficient (Wildman–Crippen LogP) is 2.86. The van der Waals surface area contributed by atoms with Gasteiger partial charge in [0.15, 0.2) is 5.82 Å². The minimum Gasteiger partial charge on any atom is -0.369 e. The Morgan fingerprint density at radius 3 is 2.43 bits per heavy atom. The molecule has 0 atom stereocenters. The van der Waals surface area contributed by atoms with Crippen molar-refractivity contribution in [1.82, 2.24) is 19.7 Å². The zero-order valence-corrected chi connectivity index (χ0v) is 15.3. The summed E-state index contributed by atoms with van der Waals surface area (Å²) in [4.78, 5) is 18.0. The number of carbonyl (C=O) groups is 1. The highest BCUT2D eigenvalue weighted by atomic mass is 19.4. The molecule has 2 fully saturated rings. The molecule has 1 aliphatic heterocycles. The van der Waals surface area contributed by atoms with Crippen molar-refractivity contribution in [3.05, 3.63) is 41.5 Å². The van der Waals surface area contributed by atoms with Crippen LogP contribution in [-0.4, -0.2) is 38.7 Å². The van der Waals surface area contributed by atoms with Gasteiger partial charge in [0.25, 0.3) is 0 Å². The number of benzene rings is 1. The van der Waals surface area contributed by atoms with Gasteiger partial charge in [-0.15, -0.1) is 0 Å². The summed E-state index contributed by atoms with van der Waals surface area (Å²) in [5.74, 6) is 0.911. The van der Waals surface area contributed by atoms with Gasteiger partial charge in [-0.3, -0.25) is 9.69 Å². The molecule has 1 amide bonds. The fourth-order valence-electron chi connectivity index (χ4n) is 3.65. The minimum absolute atomic E-state index is 0.00331. The van der Waals surface area contributed by atoms with E-state index < -0.39 is 11.7 Å². The van der Waals surface area contributed by atoms with Gasteiger partial charge in [0.1, 0.15) is 5.82 Å². The molecule has 0 spiro atoms. The Morgan fingerprint density at radius 1 is 1.14 bits per heavy atom. The molecule has 2 aromatic rings. The van der Waals surface area contributed by atoms with E-state index in [1.807, 2.05) is 0 Å². The number of nitrogens with zero attached hydrogens (tertiary/aromatic N) is 4. The van der Waals surface area contributed by atoms with Gasteiger partial charge in [0.05, 0.1) is 17.8 Å². The van der Waals surface area contributed by atoms with E-state index in [0.29, 0.717) is 44.1 Å². The first kappa shape index (κ1) is 18.9. The lowest BCUT2D eigenvalue weighted by Crippen LogP contribution is -2.38. The number of carbonyl (C=O) groups excluding carboxylic acids is 1. The summed E-state index contributed by atoms with van der Waals surface area (Å²) in [5.41, 5.74) is 4.65. The molecule has 2 N–H and O–H groups in total. The van der Waals surface area contributed by atoms with Crippen LogP contribution in [0.25, 0.3) is 5.69 Å². The molecule has 9 heteroatoms. The normalized spacial score (nSPS) is 19.1. The van der Waals surface area contributed by atoms with E-state index in [9.17, 15) is 18.0 Å². The summed E-state index contributed by atoms with van der Waals surface area (Å²) in [5, 5.41) is 4.43. The highest BCUT2D eigenvalue weighted by molar-refractivity contribution is 5.76. The first-order chi connectivity index (χ1) is 13.3. The van der Waals surface area contributed by atoms with Gasteiger partial charge in [0, 0.05) is 11.8 Å². The maximum atomic E-state index is 13.5. The zero-order chi connectivity index (χ0) is 19.9. The minimum atomic E-state index is -4.47. The lowest BCUT2D eigenvalue weighted by molar-refractivity contribution is -0.137. The second-order valence-corrected chi connectivity index (χ2v) is 7.54. The van der Waals surface area contributed by atoms with Crippen molar-refractivity contribution < 1.29 is 18.0 Å². The lowest BCUT2D eigenvalue weighted by atomic mass is 9.96. The van der Waals surface area contributed by atoms with E-state index in [2.05, 4.69) is 15.0 Å². The van der Waals surface area contributed by atoms with Crippen molar-refractivity contribution >= 4 is 5.91 Å². The van der Waals surface area contributed by atoms with Crippen LogP contribution in [0, 0.1) is 5.92 Å². The Hall–Kier alpha value is -2.42. The van der Waals surface area contributed by atoms with E-state index in [1.165, 1.54) is 16.8 Å². The van der Waals surface area contributed by atoms with Crippen molar-refractivity contribution in [2.75, 3.05) is 13.1 Å². The number of amides is 1. The van der Waals surface area contributed by atoms with Crippen LogP contribution in [-0.2, 0) is 17.5 Å². The van der Waals surface area contributed by atoms with Gasteiger partial charge in [0.2, 0.25) is 5.91 Å². The highest BCUT2D eigenvalue weighted by Crippen LogP contribution is 2.39. The first-order valence-electron chi connectivity index (χ1n) is 9.47. The average molecular weight is 393 g/mol. The quantitative estimate of drug-likeness (QED) is 0.848. The summed E-state index contributed by atoms with van der Waals surface area (Å²) >= 11 is 0. The Kier molecular flexibility index (Phi) is 4.86. The third-order valence-electron chi connectivity index (χ3n) is 5.43. The number of alkyl halides is 3. The Labute approximate surface area is 160 Å². The smallest absolute Gasteiger partial charge is 0.369 e. The predicted molar refractivity (Wildman–Crippen MR) is 95.5 cm³/mol. The number of piperidine rings is 1. The fourth-order valence-corrected chi connectivity index (χ4v) is 3.65. The number of rotatable bonds is 5. The molecular formula is C19H22F3N5O.